The van der Waals surface area contributed by atoms with E-state index in [0.717, 1.165) is 10.9 Å². The first-order valence-corrected chi connectivity index (χ1v) is 12.0. The molecule has 0 saturated carbocycles. The number of benzene rings is 2. The molecule has 8 nitrogen and oxygen atoms in total. The van der Waals surface area contributed by atoms with Gasteiger partial charge in [0.25, 0.3) is 0 Å². The van der Waals surface area contributed by atoms with Gasteiger partial charge in [0.2, 0.25) is 15.9 Å². The zero-order valence-corrected chi connectivity index (χ0v) is 19.3. The van der Waals surface area contributed by atoms with Crippen molar-refractivity contribution >= 4 is 26.8 Å². The van der Waals surface area contributed by atoms with Gasteiger partial charge in [0.15, 0.2) is 0 Å². The molecule has 1 atom stereocenters. The highest BCUT2D eigenvalue weighted by Crippen LogP contribution is 2.42. The summed E-state index contributed by atoms with van der Waals surface area (Å²) in [4.78, 5) is 11.8. The number of primary amides is 1. The Morgan fingerprint density at radius 1 is 1.19 bits per heavy atom. The number of ether oxygens (including phenoxy) is 1. The number of nitrogens with zero attached hydrogens (tertiary/aromatic N) is 3. The van der Waals surface area contributed by atoms with E-state index in [9.17, 15) is 13.2 Å². The molecule has 2 aromatic carbocycles. The second-order valence-corrected chi connectivity index (χ2v) is 10.7. The van der Waals surface area contributed by atoms with E-state index in [1.807, 2.05) is 49.7 Å². The molecule has 32 heavy (non-hydrogen) atoms. The molecule has 9 heteroatoms. The smallest absolute Gasteiger partial charge is 0.243 e. The lowest BCUT2D eigenvalue weighted by Crippen LogP contribution is -2.30. The van der Waals surface area contributed by atoms with Gasteiger partial charge in [-0.25, -0.2) is 8.42 Å². The van der Waals surface area contributed by atoms with Crippen LogP contribution in [0.15, 0.2) is 53.4 Å². The van der Waals surface area contributed by atoms with Gasteiger partial charge in [-0.05, 0) is 37.3 Å². The number of nitrogens with two attached hydrogens (primary N) is 1. The van der Waals surface area contributed by atoms with Crippen LogP contribution in [-0.4, -0.2) is 48.1 Å². The number of hydrogen-bond acceptors (Lipinski definition) is 5. The highest BCUT2D eigenvalue weighted by molar-refractivity contribution is 7.89. The van der Waals surface area contributed by atoms with Crippen molar-refractivity contribution in [1.82, 2.24) is 14.1 Å². The van der Waals surface area contributed by atoms with E-state index in [0.29, 0.717) is 24.6 Å². The first-order chi connectivity index (χ1) is 15.1. The number of sulfonamides is 1. The summed E-state index contributed by atoms with van der Waals surface area (Å²) >= 11 is 0. The lowest BCUT2D eigenvalue weighted by molar-refractivity contribution is -0.117. The Morgan fingerprint density at radius 3 is 2.53 bits per heavy atom. The van der Waals surface area contributed by atoms with E-state index in [4.69, 9.17) is 15.6 Å². The molecule has 1 saturated heterocycles. The minimum atomic E-state index is -3.69. The fourth-order valence-electron chi connectivity index (χ4n) is 4.37. The average molecular weight is 457 g/mol. The Labute approximate surface area is 188 Å². The molecule has 2 heterocycles. The molecule has 2 N–H and O–H groups in total. The maximum absolute atomic E-state index is 13.4. The summed E-state index contributed by atoms with van der Waals surface area (Å²) in [6, 6.07) is 13.9. The molecular weight excluding hydrogens is 428 g/mol. The lowest BCUT2D eigenvalue weighted by Gasteiger charge is -2.26. The largest absolute Gasteiger partial charge is 0.494 e. The first-order valence-electron chi connectivity index (χ1n) is 10.6. The number of carbonyl (C=O) groups excluding carboxylic acids is 1. The second kappa shape index (κ2) is 8.22. The molecule has 0 aliphatic carbocycles. The van der Waals surface area contributed by atoms with Gasteiger partial charge in [0, 0.05) is 23.9 Å². The Hall–Kier alpha value is -2.91. The van der Waals surface area contributed by atoms with Crippen LogP contribution in [0.4, 0.5) is 0 Å². The molecule has 4 rings (SSSR count). The van der Waals surface area contributed by atoms with E-state index < -0.39 is 15.9 Å². The molecule has 170 valence electrons. The molecule has 1 aliphatic rings. The summed E-state index contributed by atoms with van der Waals surface area (Å²) < 4.78 is 35.6. The van der Waals surface area contributed by atoms with Crippen molar-refractivity contribution in [3.05, 3.63) is 54.2 Å². The van der Waals surface area contributed by atoms with E-state index in [1.165, 1.54) is 4.31 Å². The van der Waals surface area contributed by atoms with Crippen LogP contribution in [-0.2, 0) is 21.2 Å². The number of hydrogen-bond donors (Lipinski definition) is 1. The van der Waals surface area contributed by atoms with Gasteiger partial charge < -0.3 is 10.5 Å². The summed E-state index contributed by atoms with van der Waals surface area (Å²) in [5.41, 5.74) is 6.51. The normalized spacial score (nSPS) is 18.8. The van der Waals surface area contributed by atoms with Crippen LogP contribution in [0.3, 0.4) is 0 Å². The third-order valence-electron chi connectivity index (χ3n) is 5.96. The van der Waals surface area contributed by atoms with Gasteiger partial charge in [-0.2, -0.15) is 9.40 Å². The van der Waals surface area contributed by atoms with E-state index >= 15 is 0 Å². The fourth-order valence-corrected chi connectivity index (χ4v) is 5.99. The zero-order valence-electron chi connectivity index (χ0n) is 18.5. The van der Waals surface area contributed by atoms with Gasteiger partial charge in [-0.15, -0.1) is 0 Å². The number of aromatic nitrogens is 2. The Morgan fingerprint density at radius 2 is 1.88 bits per heavy atom. The maximum atomic E-state index is 13.4. The second-order valence-electron chi connectivity index (χ2n) is 8.76. The van der Waals surface area contributed by atoms with Crippen molar-refractivity contribution in [2.75, 3.05) is 19.7 Å². The minimum Gasteiger partial charge on any atom is -0.494 e. The molecule has 1 amide bonds. The number of carbonyl (C=O) groups is 1. The molecule has 0 bridgehead atoms. The predicted octanol–water partition coefficient (Wildman–Crippen LogP) is 2.73. The summed E-state index contributed by atoms with van der Waals surface area (Å²) in [6.45, 7) is 7.11. The monoisotopic (exact) mass is 456 g/mol. The van der Waals surface area contributed by atoms with Crippen LogP contribution < -0.4 is 10.5 Å². The van der Waals surface area contributed by atoms with Crippen LogP contribution in [0, 0.1) is 5.41 Å². The number of rotatable bonds is 7. The topological polar surface area (TPSA) is 108 Å². The quantitative estimate of drug-likeness (QED) is 0.588. The van der Waals surface area contributed by atoms with Crippen molar-refractivity contribution in [3.63, 3.8) is 0 Å². The number of fused-ring (bicyclic) bond motifs is 1. The zero-order chi connectivity index (χ0) is 23.1. The molecule has 0 spiro atoms. The van der Waals surface area contributed by atoms with Crippen molar-refractivity contribution in [1.29, 1.82) is 0 Å². The predicted molar refractivity (Wildman–Crippen MR) is 122 cm³/mol. The molecule has 1 aliphatic heterocycles. The third-order valence-corrected chi connectivity index (χ3v) is 7.79. The number of para-hydroxylation sites is 1. The van der Waals surface area contributed by atoms with Crippen molar-refractivity contribution in [3.8, 4) is 5.75 Å². The van der Waals surface area contributed by atoms with E-state index in [-0.39, 0.29) is 29.3 Å². The molecule has 1 aromatic heterocycles. The molecule has 0 radical (unpaired) electrons. The van der Waals surface area contributed by atoms with Crippen LogP contribution in [0.1, 0.15) is 32.5 Å². The SMILES string of the molecule is CCOc1ccc(S(=O)(=O)N2C[C@H](n3nc(CC(N)=O)c4ccccc43)C(C)(C)C2)cc1. The van der Waals surface area contributed by atoms with Crippen LogP contribution >= 0.6 is 0 Å². The minimum absolute atomic E-state index is 0.0366. The summed E-state index contributed by atoms with van der Waals surface area (Å²) in [5.74, 6) is 0.182. The van der Waals surface area contributed by atoms with Crippen LogP contribution in [0.25, 0.3) is 10.9 Å². The summed E-state index contributed by atoms with van der Waals surface area (Å²) in [7, 11) is -3.69. The van der Waals surface area contributed by atoms with Gasteiger partial charge in [0.1, 0.15) is 5.75 Å². The Kier molecular flexibility index (Phi) is 5.72. The highest BCUT2D eigenvalue weighted by atomic mass is 32.2. The molecule has 0 unspecified atom stereocenters. The maximum Gasteiger partial charge on any atom is 0.243 e. The van der Waals surface area contributed by atoms with Gasteiger partial charge in [-0.3, -0.25) is 9.48 Å². The molecule has 1 fully saturated rings. The summed E-state index contributed by atoms with van der Waals surface area (Å²) in [6.07, 6.45) is 0.0366. The van der Waals surface area contributed by atoms with Gasteiger partial charge in [-0.1, -0.05) is 32.0 Å². The highest BCUT2D eigenvalue weighted by Gasteiger charge is 2.46. The van der Waals surface area contributed by atoms with Crippen molar-refractivity contribution in [2.45, 2.75) is 38.1 Å². The Bertz CT molecular complexity index is 1250. The van der Waals surface area contributed by atoms with E-state index in [2.05, 4.69) is 0 Å². The lowest BCUT2D eigenvalue weighted by atomic mass is 9.88. The van der Waals surface area contributed by atoms with Crippen LogP contribution in [0.2, 0.25) is 0 Å². The fraction of sp³-hybridized carbons (Fsp3) is 0.391. The average Bonchev–Trinajstić information content (AvgIpc) is 3.25. The molecular formula is C23H28N4O4S. The Balaban J connectivity index is 1.69. The van der Waals surface area contributed by atoms with E-state index in [1.54, 1.807) is 24.3 Å². The van der Waals surface area contributed by atoms with Crippen molar-refractivity contribution in [2.24, 2.45) is 11.1 Å². The van der Waals surface area contributed by atoms with Crippen molar-refractivity contribution < 1.29 is 17.9 Å². The standard InChI is InChI=1S/C23H28N4O4S/c1-4-31-16-9-11-17(12-10-16)32(29,30)26-14-21(23(2,3)15-26)27-20-8-6-5-7-18(20)19(25-27)13-22(24)28/h5-12,21H,4,13-15H2,1-3H3,(H2,24,28)/t21-/m0/s1. The summed E-state index contributed by atoms with van der Waals surface area (Å²) in [5, 5.41) is 5.56. The number of amides is 1. The van der Waals surface area contributed by atoms with Crippen LogP contribution in [0.5, 0.6) is 5.75 Å². The third kappa shape index (κ3) is 3.98. The molecule has 3 aromatic rings. The van der Waals surface area contributed by atoms with Gasteiger partial charge in [0.05, 0.1) is 35.2 Å². The first kappa shape index (κ1) is 22.3. The van der Waals surface area contributed by atoms with Gasteiger partial charge >= 0.3 is 0 Å².